The van der Waals surface area contributed by atoms with Gasteiger partial charge in [0, 0.05) is 19.6 Å². The van der Waals surface area contributed by atoms with Gasteiger partial charge in [0.05, 0.1) is 170 Å². The van der Waals surface area contributed by atoms with Crippen LogP contribution in [0.2, 0.25) is 0 Å². The van der Waals surface area contributed by atoms with Gasteiger partial charge in [-0.25, -0.2) is 0 Å². The van der Waals surface area contributed by atoms with Crippen LogP contribution in [0.5, 0.6) is 0 Å². The molecule has 1 aromatic rings. The third-order valence-corrected chi connectivity index (χ3v) is 8.55. The average Bonchev–Trinajstić information content (AvgIpc) is 3.20. The first kappa shape index (κ1) is 53.6. The lowest BCUT2D eigenvalue weighted by Gasteiger charge is -2.09. The maximum Gasteiger partial charge on any atom is 0.303 e. The van der Waals surface area contributed by atoms with Crippen LogP contribution >= 0.6 is 0 Å². The van der Waals surface area contributed by atoms with Crippen molar-refractivity contribution in [2.45, 2.75) is 31.1 Å². The molecule has 0 aliphatic carbocycles. The SMILES string of the molecule is Cc1ccc(S(=O)(=O)OCCOCCOCCOCCOCCOCCOCCOCCOCCOCCOCCOCCOCCCNC(=O)CCC(=O)O)cc1. The maximum atomic E-state index is 12.1. The number of amides is 1. The van der Waals surface area contributed by atoms with Crippen LogP contribution in [-0.2, 0) is 80.7 Å². The van der Waals surface area contributed by atoms with Gasteiger partial charge >= 0.3 is 5.97 Å². The Morgan fingerprint density at radius 1 is 0.466 bits per heavy atom. The van der Waals surface area contributed by atoms with Gasteiger partial charge in [-0.15, -0.1) is 0 Å². The van der Waals surface area contributed by atoms with E-state index < -0.39 is 16.1 Å². The van der Waals surface area contributed by atoms with Gasteiger partial charge in [-0.2, -0.15) is 8.42 Å². The van der Waals surface area contributed by atoms with E-state index in [1.165, 1.54) is 12.1 Å². The fraction of sp³-hybridized carbons (Fsp3) is 0.789. The number of ether oxygens (including phenoxy) is 12. The van der Waals surface area contributed by atoms with Crippen molar-refractivity contribution in [3.63, 3.8) is 0 Å². The number of aryl methyl sites for hydroxylation is 1. The quantitative estimate of drug-likeness (QED) is 0.0697. The van der Waals surface area contributed by atoms with E-state index in [0.717, 1.165) is 5.56 Å². The summed E-state index contributed by atoms with van der Waals surface area (Å²) < 4.78 is 94.5. The normalized spacial score (nSPS) is 11.7. The van der Waals surface area contributed by atoms with E-state index in [1.54, 1.807) is 12.1 Å². The van der Waals surface area contributed by atoms with Crippen LogP contribution in [-0.4, -0.2) is 197 Å². The molecule has 58 heavy (non-hydrogen) atoms. The van der Waals surface area contributed by atoms with Gasteiger partial charge in [0.2, 0.25) is 5.91 Å². The van der Waals surface area contributed by atoms with Crippen molar-refractivity contribution >= 4 is 22.0 Å². The van der Waals surface area contributed by atoms with Gasteiger partial charge < -0.3 is 67.3 Å². The van der Waals surface area contributed by atoms with Crippen LogP contribution in [0.4, 0.5) is 0 Å². The van der Waals surface area contributed by atoms with Gasteiger partial charge in [-0.3, -0.25) is 13.8 Å². The largest absolute Gasteiger partial charge is 0.481 e. The summed E-state index contributed by atoms with van der Waals surface area (Å²) >= 11 is 0. The highest BCUT2D eigenvalue weighted by Gasteiger charge is 2.14. The predicted octanol–water partition coefficient (Wildman–Crippen LogP) is 1.27. The minimum atomic E-state index is -3.79. The molecule has 0 aliphatic heterocycles. The molecule has 2 N–H and O–H groups in total. The Kier molecular flexibility index (Phi) is 37.0. The molecule has 1 amide bonds. The highest BCUT2D eigenvalue weighted by molar-refractivity contribution is 7.86. The zero-order valence-electron chi connectivity index (χ0n) is 34.1. The van der Waals surface area contributed by atoms with Crippen LogP contribution in [0.15, 0.2) is 29.2 Å². The van der Waals surface area contributed by atoms with Crippen molar-refractivity contribution in [3.8, 4) is 0 Å². The highest BCUT2D eigenvalue weighted by atomic mass is 32.2. The van der Waals surface area contributed by atoms with Crippen molar-refractivity contribution in [2.24, 2.45) is 0 Å². The third-order valence-electron chi connectivity index (χ3n) is 7.22. The first-order valence-corrected chi connectivity index (χ1v) is 21.1. The topological polar surface area (TPSA) is 221 Å². The zero-order valence-corrected chi connectivity index (χ0v) is 34.9. The van der Waals surface area contributed by atoms with Crippen LogP contribution in [0.1, 0.15) is 24.8 Å². The summed E-state index contributed by atoms with van der Waals surface area (Å²) in [4.78, 5) is 21.9. The molecule has 0 fully saturated rings. The lowest BCUT2D eigenvalue weighted by Crippen LogP contribution is -2.25. The Hall–Kier alpha value is -2.41. The minimum absolute atomic E-state index is 0.0173. The van der Waals surface area contributed by atoms with E-state index in [-0.39, 0.29) is 36.9 Å². The fourth-order valence-corrected chi connectivity index (χ4v) is 5.10. The van der Waals surface area contributed by atoms with E-state index in [9.17, 15) is 18.0 Å². The molecule has 0 aromatic heterocycles. The lowest BCUT2D eigenvalue weighted by atomic mass is 10.2. The first-order valence-electron chi connectivity index (χ1n) is 19.7. The molecule has 0 spiro atoms. The number of carbonyl (C=O) groups is 2. The molecule has 0 unspecified atom stereocenters. The monoisotopic (exact) mass is 857 g/mol. The molecule has 20 heteroatoms. The molecule has 1 rings (SSSR count). The standard InChI is InChI=1S/C38H67NO18S/c1-35-3-5-36(6-4-35)58(43,44)57-34-33-56-32-31-55-30-29-54-28-27-53-26-25-52-24-23-51-22-21-50-20-19-49-18-17-48-16-15-47-14-13-46-12-11-45-10-2-9-39-37(40)7-8-38(41)42/h3-6H,2,7-34H2,1H3,(H,39,40)(H,41,42). The molecule has 0 heterocycles. The maximum absolute atomic E-state index is 12.1. The summed E-state index contributed by atoms with van der Waals surface area (Å²) in [7, 11) is -3.79. The number of aliphatic carboxylic acids is 1. The smallest absolute Gasteiger partial charge is 0.303 e. The summed E-state index contributed by atoms with van der Waals surface area (Å²) in [6.07, 6.45) is 0.455. The molecule has 0 saturated heterocycles. The molecule has 338 valence electrons. The van der Waals surface area contributed by atoms with Crippen LogP contribution < -0.4 is 5.32 Å². The van der Waals surface area contributed by atoms with E-state index >= 15 is 0 Å². The molecule has 0 aliphatic rings. The van der Waals surface area contributed by atoms with Crippen molar-refractivity contribution in [1.82, 2.24) is 5.32 Å². The summed E-state index contributed by atoms with van der Waals surface area (Å²) in [6.45, 7) is 12.6. The van der Waals surface area contributed by atoms with Crippen LogP contribution in [0.3, 0.4) is 0 Å². The number of carbonyl (C=O) groups excluding carboxylic acids is 1. The fourth-order valence-electron chi connectivity index (χ4n) is 4.21. The molecule has 1 aromatic carbocycles. The molecule has 0 bridgehead atoms. The highest BCUT2D eigenvalue weighted by Crippen LogP contribution is 2.13. The zero-order chi connectivity index (χ0) is 42.0. The predicted molar refractivity (Wildman–Crippen MR) is 209 cm³/mol. The first-order chi connectivity index (χ1) is 28.3. The Labute approximate surface area is 343 Å². The Balaban J connectivity index is 1.65. The minimum Gasteiger partial charge on any atom is -0.481 e. The van der Waals surface area contributed by atoms with Gasteiger partial charge in [0.1, 0.15) is 0 Å². The summed E-state index contributed by atoms with van der Waals surface area (Å²) in [5.41, 5.74) is 0.969. The number of carboxylic acid groups (broad SMARTS) is 1. The van der Waals surface area contributed by atoms with E-state index in [4.69, 9.17) is 66.1 Å². The number of rotatable bonds is 45. The van der Waals surface area contributed by atoms with Crippen molar-refractivity contribution < 1.29 is 84.1 Å². The van der Waals surface area contributed by atoms with Crippen molar-refractivity contribution in [3.05, 3.63) is 29.8 Å². The summed E-state index contributed by atoms with van der Waals surface area (Å²) in [5, 5.41) is 11.2. The van der Waals surface area contributed by atoms with E-state index in [2.05, 4.69) is 5.32 Å². The molecular weight excluding hydrogens is 790 g/mol. The Morgan fingerprint density at radius 2 is 0.759 bits per heavy atom. The molecular formula is C38H67NO18S. The van der Waals surface area contributed by atoms with Crippen LogP contribution in [0.25, 0.3) is 0 Å². The molecule has 0 radical (unpaired) electrons. The van der Waals surface area contributed by atoms with Gasteiger partial charge in [0.25, 0.3) is 10.1 Å². The molecule has 0 atom stereocenters. The van der Waals surface area contributed by atoms with Gasteiger partial charge in [-0.1, -0.05) is 17.7 Å². The lowest BCUT2D eigenvalue weighted by molar-refractivity contribution is -0.138. The summed E-state index contributed by atoms with van der Waals surface area (Å²) in [6, 6.07) is 6.46. The molecule has 19 nitrogen and oxygen atoms in total. The van der Waals surface area contributed by atoms with Gasteiger partial charge in [-0.05, 0) is 25.5 Å². The number of hydrogen-bond acceptors (Lipinski definition) is 17. The third kappa shape index (κ3) is 36.7. The molecule has 0 saturated carbocycles. The second-order valence-corrected chi connectivity index (χ2v) is 13.7. The van der Waals surface area contributed by atoms with Gasteiger partial charge in [0.15, 0.2) is 0 Å². The van der Waals surface area contributed by atoms with Crippen LogP contribution in [0, 0.1) is 6.92 Å². The number of hydrogen-bond donors (Lipinski definition) is 2. The van der Waals surface area contributed by atoms with E-state index in [0.29, 0.717) is 165 Å². The second kappa shape index (κ2) is 40.0. The number of nitrogens with one attached hydrogen (secondary N) is 1. The van der Waals surface area contributed by atoms with E-state index in [1.807, 2.05) is 6.92 Å². The Bertz CT molecular complexity index is 1190. The second-order valence-electron chi connectivity index (χ2n) is 12.0. The number of carboxylic acids is 1. The number of benzene rings is 1. The Morgan fingerprint density at radius 3 is 1.07 bits per heavy atom. The average molecular weight is 858 g/mol. The van der Waals surface area contributed by atoms with Crippen molar-refractivity contribution in [2.75, 3.05) is 172 Å². The summed E-state index contributed by atoms with van der Waals surface area (Å²) in [5.74, 6) is -1.26. The van der Waals surface area contributed by atoms with Crippen molar-refractivity contribution in [1.29, 1.82) is 0 Å².